The predicted octanol–water partition coefficient (Wildman–Crippen LogP) is 1.97. The molecule has 14 heavy (non-hydrogen) atoms. The Morgan fingerprint density at radius 2 is 2.29 bits per heavy atom. The minimum atomic E-state index is -0.844. The van der Waals surface area contributed by atoms with Gasteiger partial charge < -0.3 is 14.3 Å². The van der Waals surface area contributed by atoms with Crippen LogP contribution in [0, 0.1) is 6.92 Å². The van der Waals surface area contributed by atoms with Crippen molar-refractivity contribution in [2.45, 2.75) is 38.4 Å². The van der Waals surface area contributed by atoms with Gasteiger partial charge in [0, 0.05) is 5.56 Å². The van der Waals surface area contributed by atoms with Gasteiger partial charge in [-0.05, 0) is 32.3 Å². The van der Waals surface area contributed by atoms with Crippen LogP contribution < -0.4 is 0 Å². The summed E-state index contributed by atoms with van der Waals surface area (Å²) < 4.78 is 10.6. The van der Waals surface area contributed by atoms with Gasteiger partial charge in [0.2, 0.25) is 0 Å². The molecule has 2 rings (SSSR count). The van der Waals surface area contributed by atoms with Crippen molar-refractivity contribution in [3.8, 4) is 0 Å². The summed E-state index contributed by atoms with van der Waals surface area (Å²) in [5.41, 5.74) is 1.01. The molecule has 2 atom stereocenters. The first-order chi connectivity index (χ1) is 6.62. The van der Waals surface area contributed by atoms with E-state index >= 15 is 0 Å². The minimum Gasteiger partial charge on any atom is -0.472 e. The number of hydrogen-bond acceptors (Lipinski definition) is 3. The van der Waals surface area contributed by atoms with E-state index in [9.17, 15) is 5.11 Å². The van der Waals surface area contributed by atoms with Crippen LogP contribution in [0.1, 0.15) is 30.9 Å². The molecular weight excluding hydrogens is 180 g/mol. The fourth-order valence-electron chi connectivity index (χ4n) is 1.93. The minimum absolute atomic E-state index is 0.252. The molecule has 0 bridgehead atoms. The summed E-state index contributed by atoms with van der Waals surface area (Å²) in [6, 6.07) is 0. The smallest absolute Gasteiger partial charge is 0.116 e. The lowest BCUT2D eigenvalue weighted by Gasteiger charge is -2.34. The lowest BCUT2D eigenvalue weighted by molar-refractivity contribution is -0.119. The molecule has 0 spiro atoms. The monoisotopic (exact) mass is 196 g/mol. The van der Waals surface area contributed by atoms with E-state index in [0.29, 0.717) is 6.61 Å². The molecule has 1 aromatic heterocycles. The predicted molar refractivity (Wildman–Crippen MR) is 52.0 cm³/mol. The Kier molecular flexibility index (Phi) is 2.37. The molecule has 1 aliphatic heterocycles. The van der Waals surface area contributed by atoms with Gasteiger partial charge in [-0.25, -0.2) is 0 Å². The maximum Gasteiger partial charge on any atom is 0.116 e. The maximum absolute atomic E-state index is 10.3. The Bertz CT molecular complexity index is 308. The first-order valence-corrected chi connectivity index (χ1v) is 4.99. The summed E-state index contributed by atoms with van der Waals surface area (Å²) in [6.45, 7) is 4.34. The lowest BCUT2D eigenvalue weighted by Crippen LogP contribution is -2.38. The third-order valence-corrected chi connectivity index (χ3v) is 2.93. The average molecular weight is 196 g/mol. The topological polar surface area (TPSA) is 42.6 Å². The number of furan rings is 1. The maximum atomic E-state index is 10.3. The van der Waals surface area contributed by atoms with Gasteiger partial charge in [0.1, 0.15) is 5.60 Å². The zero-order chi connectivity index (χ0) is 10.2. The van der Waals surface area contributed by atoms with Gasteiger partial charge in [-0.2, -0.15) is 0 Å². The van der Waals surface area contributed by atoms with Crippen molar-refractivity contribution in [1.29, 1.82) is 0 Å². The lowest BCUT2D eigenvalue weighted by atomic mass is 9.87. The van der Waals surface area contributed by atoms with Gasteiger partial charge in [-0.1, -0.05) is 0 Å². The van der Waals surface area contributed by atoms with Crippen LogP contribution >= 0.6 is 0 Å². The standard InChI is InChI=1S/C11H16O3/c1-8-5-13-6-10(8)11(12)4-3-9(2)14-7-11/h5-6,9,12H,3-4,7H2,1-2H3. The molecule has 3 heteroatoms. The summed E-state index contributed by atoms with van der Waals surface area (Å²) in [5.74, 6) is 0. The van der Waals surface area contributed by atoms with Crippen molar-refractivity contribution in [2.75, 3.05) is 6.61 Å². The van der Waals surface area contributed by atoms with Gasteiger partial charge in [0.05, 0.1) is 25.2 Å². The zero-order valence-corrected chi connectivity index (χ0v) is 8.62. The van der Waals surface area contributed by atoms with Crippen molar-refractivity contribution in [3.05, 3.63) is 23.7 Å². The van der Waals surface area contributed by atoms with E-state index in [-0.39, 0.29) is 6.10 Å². The van der Waals surface area contributed by atoms with Crippen LogP contribution in [0.5, 0.6) is 0 Å². The number of rotatable bonds is 1. The Labute approximate surface area is 83.7 Å². The van der Waals surface area contributed by atoms with Crippen molar-refractivity contribution in [3.63, 3.8) is 0 Å². The molecule has 2 heterocycles. The van der Waals surface area contributed by atoms with Crippen LogP contribution in [0.3, 0.4) is 0 Å². The van der Waals surface area contributed by atoms with Crippen LogP contribution in [0.25, 0.3) is 0 Å². The third kappa shape index (κ3) is 1.57. The van der Waals surface area contributed by atoms with Gasteiger partial charge in [0.25, 0.3) is 0 Å². The van der Waals surface area contributed by atoms with E-state index in [1.807, 2.05) is 13.8 Å². The Morgan fingerprint density at radius 1 is 1.50 bits per heavy atom. The summed E-state index contributed by atoms with van der Waals surface area (Å²) in [4.78, 5) is 0. The molecule has 78 valence electrons. The molecule has 2 unspecified atom stereocenters. The molecular formula is C11H16O3. The molecule has 0 aliphatic carbocycles. The Balaban J connectivity index is 2.21. The fraction of sp³-hybridized carbons (Fsp3) is 0.636. The van der Waals surface area contributed by atoms with Gasteiger partial charge in [0.15, 0.2) is 0 Å². The van der Waals surface area contributed by atoms with Crippen molar-refractivity contribution < 1.29 is 14.3 Å². The largest absolute Gasteiger partial charge is 0.472 e. The number of hydrogen-bond donors (Lipinski definition) is 1. The first-order valence-electron chi connectivity index (χ1n) is 4.99. The highest BCUT2D eigenvalue weighted by Crippen LogP contribution is 2.34. The third-order valence-electron chi connectivity index (χ3n) is 2.93. The van der Waals surface area contributed by atoms with Crippen LogP contribution in [-0.4, -0.2) is 17.8 Å². The Hall–Kier alpha value is -0.800. The Morgan fingerprint density at radius 3 is 2.79 bits per heavy atom. The second kappa shape index (κ2) is 3.41. The van der Waals surface area contributed by atoms with Gasteiger partial charge in [-0.15, -0.1) is 0 Å². The second-order valence-corrected chi connectivity index (χ2v) is 4.16. The average Bonchev–Trinajstić information content (AvgIpc) is 2.58. The van der Waals surface area contributed by atoms with Crippen molar-refractivity contribution in [2.24, 2.45) is 0 Å². The number of aryl methyl sites for hydroxylation is 1. The zero-order valence-electron chi connectivity index (χ0n) is 8.62. The molecule has 1 saturated heterocycles. The quantitative estimate of drug-likeness (QED) is 0.746. The molecule has 0 radical (unpaired) electrons. The molecule has 1 aliphatic rings. The summed E-state index contributed by atoms with van der Waals surface area (Å²) in [6.07, 6.45) is 5.16. The number of aliphatic hydroxyl groups is 1. The summed E-state index contributed by atoms with van der Waals surface area (Å²) in [5, 5.41) is 10.3. The summed E-state index contributed by atoms with van der Waals surface area (Å²) >= 11 is 0. The SMILES string of the molecule is Cc1cocc1C1(O)CCC(C)OC1. The van der Waals surface area contributed by atoms with E-state index in [0.717, 1.165) is 24.0 Å². The van der Waals surface area contributed by atoms with Gasteiger partial charge in [-0.3, -0.25) is 0 Å². The molecule has 1 fully saturated rings. The van der Waals surface area contributed by atoms with E-state index in [1.54, 1.807) is 12.5 Å². The fourth-order valence-corrected chi connectivity index (χ4v) is 1.93. The summed E-state index contributed by atoms with van der Waals surface area (Å²) in [7, 11) is 0. The molecule has 1 aromatic rings. The van der Waals surface area contributed by atoms with Gasteiger partial charge >= 0.3 is 0 Å². The molecule has 0 amide bonds. The first kappa shape index (κ1) is 9.74. The highest BCUT2D eigenvalue weighted by molar-refractivity contribution is 5.26. The highest BCUT2D eigenvalue weighted by atomic mass is 16.5. The normalized spacial score (nSPS) is 33.2. The van der Waals surface area contributed by atoms with Crippen LogP contribution in [-0.2, 0) is 10.3 Å². The van der Waals surface area contributed by atoms with E-state index in [2.05, 4.69) is 0 Å². The van der Waals surface area contributed by atoms with Crippen molar-refractivity contribution in [1.82, 2.24) is 0 Å². The van der Waals surface area contributed by atoms with Crippen LogP contribution in [0.4, 0.5) is 0 Å². The molecule has 3 nitrogen and oxygen atoms in total. The second-order valence-electron chi connectivity index (χ2n) is 4.16. The molecule has 1 N–H and O–H groups in total. The molecule has 0 aromatic carbocycles. The van der Waals surface area contributed by atoms with E-state index in [4.69, 9.17) is 9.15 Å². The number of ether oxygens (including phenoxy) is 1. The highest BCUT2D eigenvalue weighted by Gasteiger charge is 2.36. The van der Waals surface area contributed by atoms with Crippen LogP contribution in [0.2, 0.25) is 0 Å². The van der Waals surface area contributed by atoms with E-state index < -0.39 is 5.60 Å². The van der Waals surface area contributed by atoms with Crippen LogP contribution in [0.15, 0.2) is 16.9 Å². The molecule has 0 saturated carbocycles. The van der Waals surface area contributed by atoms with Crippen molar-refractivity contribution >= 4 is 0 Å². The van der Waals surface area contributed by atoms with E-state index in [1.165, 1.54) is 0 Å².